The molecule has 0 amide bonds. The van der Waals surface area contributed by atoms with Gasteiger partial charge >= 0.3 is 0 Å². The Hall–Kier alpha value is -4.30. The summed E-state index contributed by atoms with van der Waals surface area (Å²) < 4.78 is 9.52. The number of para-hydroxylation sites is 2. The molecule has 5 fully saturated rings. The van der Waals surface area contributed by atoms with E-state index in [0.717, 1.165) is 58.5 Å². The second-order valence-electron chi connectivity index (χ2n) is 18.6. The number of hydrogen-bond acceptors (Lipinski definition) is 1. The van der Waals surface area contributed by atoms with Crippen LogP contribution in [-0.2, 0) is 0 Å². The Morgan fingerprint density at radius 2 is 1.20 bits per heavy atom. The number of hydrogen-bond donors (Lipinski definition) is 0. The van der Waals surface area contributed by atoms with Crippen LogP contribution in [0, 0.1) is 29.1 Å². The van der Waals surface area contributed by atoms with Crippen molar-refractivity contribution in [1.29, 1.82) is 0 Å². The first-order chi connectivity index (χ1) is 25.1. The molecule has 7 unspecified atom stereocenters. The highest BCUT2D eigenvalue weighted by molar-refractivity contribution is 6.13. The lowest BCUT2D eigenvalue weighted by Crippen LogP contribution is -2.41. The Kier molecular flexibility index (Phi) is 4.93. The molecule has 5 aromatic carbocycles. The quantitative estimate of drug-likeness (QED) is 0.180. The molecule has 8 aliphatic carbocycles. The minimum absolute atomic E-state index is 0.673. The van der Waals surface area contributed by atoms with Crippen molar-refractivity contribution in [2.75, 3.05) is 0 Å². The maximum Gasteiger partial charge on any atom is 0.143 e. The van der Waals surface area contributed by atoms with Crippen molar-refractivity contribution in [3.63, 3.8) is 0 Å². The highest BCUT2D eigenvalue weighted by atomic mass is 16.3. The molecule has 2 nitrogen and oxygen atoms in total. The first-order valence-electron chi connectivity index (χ1n) is 20.3. The van der Waals surface area contributed by atoms with Gasteiger partial charge in [0.15, 0.2) is 0 Å². The van der Waals surface area contributed by atoms with Crippen LogP contribution in [0.1, 0.15) is 110 Å². The lowest BCUT2D eigenvalue weighted by Gasteiger charge is -2.48. The summed E-state index contributed by atoms with van der Waals surface area (Å²) in [5.41, 5.74) is 15.9. The molecule has 2 heterocycles. The molecular formula is C49H43NO. The average Bonchev–Trinajstić information content (AvgIpc) is 3.81. The molecule has 5 saturated carbocycles. The van der Waals surface area contributed by atoms with Gasteiger partial charge in [-0.1, -0.05) is 42.5 Å². The molecule has 7 atom stereocenters. The third kappa shape index (κ3) is 3.38. The fourth-order valence-electron chi connectivity index (χ4n) is 14.6. The number of rotatable bonds is 2. The van der Waals surface area contributed by atoms with Gasteiger partial charge in [0.05, 0.1) is 11.0 Å². The van der Waals surface area contributed by atoms with Crippen LogP contribution in [0.3, 0.4) is 0 Å². The molecule has 0 N–H and O–H groups in total. The maximum atomic E-state index is 6.96. The van der Waals surface area contributed by atoms with E-state index in [4.69, 9.17) is 4.42 Å². The molecule has 2 aromatic heterocycles. The Morgan fingerprint density at radius 3 is 1.98 bits per heavy atom. The van der Waals surface area contributed by atoms with Crippen LogP contribution in [0.5, 0.6) is 0 Å². The summed E-state index contributed by atoms with van der Waals surface area (Å²) in [4.78, 5) is 0. The minimum atomic E-state index is 0.673. The van der Waals surface area contributed by atoms with Gasteiger partial charge in [0.25, 0.3) is 0 Å². The van der Waals surface area contributed by atoms with Crippen molar-refractivity contribution in [3.05, 3.63) is 113 Å². The minimum Gasteiger partial charge on any atom is -0.455 e. The Labute approximate surface area is 298 Å². The number of furan rings is 1. The second-order valence-corrected chi connectivity index (χ2v) is 18.6. The van der Waals surface area contributed by atoms with Gasteiger partial charge in [0, 0.05) is 32.8 Å². The lowest BCUT2D eigenvalue weighted by molar-refractivity contribution is 0.00322. The van der Waals surface area contributed by atoms with E-state index < -0.39 is 0 Å². The van der Waals surface area contributed by atoms with Gasteiger partial charge in [-0.25, -0.2) is 0 Å². The molecule has 250 valence electrons. The molecule has 0 aliphatic heterocycles. The van der Waals surface area contributed by atoms with Gasteiger partial charge in [0.2, 0.25) is 0 Å². The highest BCUT2D eigenvalue weighted by Crippen LogP contribution is 2.76. The predicted molar refractivity (Wildman–Crippen MR) is 207 cm³/mol. The van der Waals surface area contributed by atoms with Crippen molar-refractivity contribution >= 4 is 43.7 Å². The smallest absolute Gasteiger partial charge is 0.143 e. The first-order valence-corrected chi connectivity index (χ1v) is 20.3. The molecule has 2 heteroatoms. The summed E-state index contributed by atoms with van der Waals surface area (Å²) in [5.74, 6) is 6.80. The van der Waals surface area contributed by atoms with Gasteiger partial charge < -0.3 is 8.98 Å². The summed E-state index contributed by atoms with van der Waals surface area (Å²) in [7, 11) is 0. The SMILES string of the molecule is c1ccc(-n2c3ccc(-c4cccc5c4oc4cc6c(cc45)C4CC5CC(CC6C5)C4)cc3c3cc4c(cc32)C2CC3CC5CC4CC53C2)cc1. The maximum absolute atomic E-state index is 6.96. The molecule has 15 rings (SSSR count). The van der Waals surface area contributed by atoms with Gasteiger partial charge in [0.1, 0.15) is 11.2 Å². The van der Waals surface area contributed by atoms with Crippen LogP contribution in [-0.4, -0.2) is 4.57 Å². The Morgan fingerprint density at radius 1 is 0.510 bits per heavy atom. The molecular weight excluding hydrogens is 619 g/mol. The van der Waals surface area contributed by atoms with Crippen LogP contribution in [0.25, 0.3) is 60.6 Å². The highest BCUT2D eigenvalue weighted by Gasteiger charge is 2.65. The zero-order valence-electron chi connectivity index (χ0n) is 29.2. The summed E-state index contributed by atoms with van der Waals surface area (Å²) in [6, 6.07) is 35.6. The molecule has 8 aliphatic rings. The van der Waals surface area contributed by atoms with E-state index >= 15 is 0 Å². The van der Waals surface area contributed by atoms with E-state index in [2.05, 4.69) is 95.6 Å². The summed E-state index contributed by atoms with van der Waals surface area (Å²) >= 11 is 0. The normalized spacial score (nSPS) is 33.6. The van der Waals surface area contributed by atoms with Crippen molar-refractivity contribution < 1.29 is 4.42 Å². The zero-order chi connectivity index (χ0) is 32.7. The van der Waals surface area contributed by atoms with Crippen molar-refractivity contribution in [3.8, 4) is 16.8 Å². The summed E-state index contributed by atoms with van der Waals surface area (Å²) in [6.45, 7) is 0. The van der Waals surface area contributed by atoms with Gasteiger partial charge in [-0.2, -0.15) is 0 Å². The number of nitrogens with zero attached hydrogens (tertiary/aromatic N) is 1. The second kappa shape index (κ2) is 9.19. The van der Waals surface area contributed by atoms with Crippen LogP contribution in [0.15, 0.2) is 95.4 Å². The Balaban J connectivity index is 0.979. The summed E-state index contributed by atoms with van der Waals surface area (Å²) in [6.07, 6.45) is 14.3. The van der Waals surface area contributed by atoms with E-state index in [9.17, 15) is 0 Å². The van der Waals surface area contributed by atoms with Gasteiger partial charge in [-0.05, 0) is 193 Å². The fraction of sp³-hybridized carbons (Fsp3) is 0.388. The topological polar surface area (TPSA) is 18.1 Å². The summed E-state index contributed by atoms with van der Waals surface area (Å²) in [5, 5.41) is 5.38. The van der Waals surface area contributed by atoms with Crippen molar-refractivity contribution in [2.24, 2.45) is 29.1 Å². The molecule has 0 saturated heterocycles. The third-order valence-corrected chi connectivity index (χ3v) is 16.5. The van der Waals surface area contributed by atoms with Crippen LogP contribution in [0.4, 0.5) is 0 Å². The number of benzene rings is 5. The van der Waals surface area contributed by atoms with E-state index in [1.165, 1.54) is 114 Å². The van der Waals surface area contributed by atoms with Gasteiger partial charge in [-0.15, -0.1) is 0 Å². The lowest BCUT2D eigenvalue weighted by atomic mass is 9.56. The van der Waals surface area contributed by atoms with Crippen LogP contribution >= 0.6 is 0 Å². The Bertz CT molecular complexity index is 2660. The monoisotopic (exact) mass is 661 g/mol. The molecule has 0 radical (unpaired) electrons. The van der Waals surface area contributed by atoms with E-state index in [0.29, 0.717) is 5.41 Å². The van der Waals surface area contributed by atoms with Gasteiger partial charge in [-0.3, -0.25) is 0 Å². The molecule has 1 spiro atoms. The molecule has 7 bridgehead atoms. The fourth-order valence-corrected chi connectivity index (χ4v) is 14.6. The van der Waals surface area contributed by atoms with Crippen molar-refractivity contribution in [1.82, 2.24) is 4.57 Å². The molecule has 7 aromatic rings. The number of aromatic nitrogens is 1. The average molecular weight is 662 g/mol. The zero-order valence-corrected chi connectivity index (χ0v) is 29.2. The largest absolute Gasteiger partial charge is 0.455 e. The predicted octanol–water partition coefficient (Wildman–Crippen LogP) is 13.1. The number of fused-ring (bicyclic) bond motifs is 11. The standard InChI is InChI=1S/C49H43NO/c1-2-5-35(6-3-1)50-45-10-9-28(18-42(45)43-20-39-31-16-33-19-34-17-32(25-49(33,34)24-31)40(39)22-46(43)50)36-7-4-8-37-44-21-38-29-12-26-11-27(13-29)15-30(14-26)41(38)23-47(44)51-48(36)37/h1-10,18,20-23,26-27,29-34H,11-17,19,24-25H2. The third-order valence-electron chi connectivity index (χ3n) is 16.5. The first kappa shape index (κ1) is 27.4. The van der Waals surface area contributed by atoms with Crippen LogP contribution < -0.4 is 0 Å². The van der Waals surface area contributed by atoms with Crippen molar-refractivity contribution in [2.45, 2.75) is 87.9 Å². The molecule has 51 heavy (non-hydrogen) atoms. The van der Waals surface area contributed by atoms with Crippen LogP contribution in [0.2, 0.25) is 0 Å². The van der Waals surface area contributed by atoms with E-state index in [1.54, 1.807) is 22.3 Å². The van der Waals surface area contributed by atoms with E-state index in [1.807, 2.05) is 0 Å². The van der Waals surface area contributed by atoms with E-state index in [-0.39, 0.29) is 0 Å².